The summed E-state index contributed by atoms with van der Waals surface area (Å²) in [4.78, 5) is 42.3. The Bertz CT molecular complexity index is 1410. The Kier molecular flexibility index (Phi) is 6.79. The van der Waals surface area contributed by atoms with Crippen molar-refractivity contribution in [2.45, 2.75) is 23.8 Å². The van der Waals surface area contributed by atoms with Crippen molar-refractivity contribution in [3.05, 3.63) is 82.0 Å². The number of carbonyl (C=O) groups excluding carboxylic acids is 3. The van der Waals surface area contributed by atoms with Crippen LogP contribution >= 0.6 is 11.3 Å². The minimum absolute atomic E-state index is 0.0256. The minimum atomic E-state index is -3.83. The van der Waals surface area contributed by atoms with E-state index in [4.69, 9.17) is 10.4 Å². The highest BCUT2D eigenvalue weighted by Crippen LogP contribution is 2.28. The number of rotatable bonds is 7. The maximum atomic E-state index is 13.3. The van der Waals surface area contributed by atoms with E-state index in [1.807, 2.05) is 6.07 Å². The maximum Gasteiger partial charge on any atom is 0.264 e. The lowest BCUT2D eigenvalue weighted by Gasteiger charge is -2.27. The number of imide groups is 1. The highest BCUT2D eigenvalue weighted by atomic mass is 32.2. The van der Waals surface area contributed by atoms with Crippen LogP contribution in [0.4, 0.5) is 5.69 Å². The number of benzene rings is 2. The molecule has 0 spiro atoms. The molecule has 1 aromatic heterocycles. The van der Waals surface area contributed by atoms with Gasteiger partial charge in [0.25, 0.3) is 11.8 Å². The molecule has 11 heteroatoms. The lowest BCUT2D eigenvalue weighted by atomic mass is 10.1. The van der Waals surface area contributed by atoms with Crippen molar-refractivity contribution in [2.75, 3.05) is 11.4 Å². The molecule has 4 rings (SSSR count). The van der Waals surface area contributed by atoms with Crippen LogP contribution in [0.1, 0.15) is 27.2 Å². The van der Waals surface area contributed by atoms with Gasteiger partial charge in [-0.2, -0.15) is 5.26 Å². The fourth-order valence-corrected chi connectivity index (χ4v) is 5.05. The van der Waals surface area contributed by atoms with Crippen LogP contribution in [0.3, 0.4) is 0 Å². The molecule has 0 aliphatic carbocycles. The van der Waals surface area contributed by atoms with Gasteiger partial charge in [-0.05, 0) is 59.8 Å². The van der Waals surface area contributed by atoms with Crippen molar-refractivity contribution < 1.29 is 22.8 Å². The third kappa shape index (κ3) is 5.14. The van der Waals surface area contributed by atoms with E-state index in [9.17, 15) is 22.8 Å². The van der Waals surface area contributed by atoms with E-state index < -0.39 is 27.9 Å². The van der Waals surface area contributed by atoms with E-state index in [0.29, 0.717) is 22.5 Å². The summed E-state index contributed by atoms with van der Waals surface area (Å²) in [7, 11) is -3.83. The molecule has 2 heterocycles. The van der Waals surface area contributed by atoms with E-state index in [1.54, 1.807) is 29.6 Å². The zero-order valence-electron chi connectivity index (χ0n) is 18.3. The van der Waals surface area contributed by atoms with Crippen LogP contribution in [0, 0.1) is 11.3 Å². The van der Waals surface area contributed by atoms with Crippen molar-refractivity contribution in [2.24, 2.45) is 5.14 Å². The van der Waals surface area contributed by atoms with Crippen molar-refractivity contribution >= 4 is 44.8 Å². The molecule has 1 atom stereocenters. The number of nitrogens with two attached hydrogens (primary N) is 1. The SMILES string of the molecule is N#Cc1ccc(N2C(=O)CC(N(CCc3ccc(S(N)(=O)=O)cc3)C(=O)c3cccs3)C2=O)cc1. The molecule has 35 heavy (non-hydrogen) atoms. The van der Waals surface area contributed by atoms with Crippen molar-refractivity contribution in [3.8, 4) is 6.07 Å². The van der Waals surface area contributed by atoms with Crippen LogP contribution in [0.5, 0.6) is 0 Å². The van der Waals surface area contributed by atoms with Gasteiger partial charge < -0.3 is 4.90 Å². The number of hydrogen-bond donors (Lipinski definition) is 1. The molecule has 0 bridgehead atoms. The van der Waals surface area contributed by atoms with E-state index >= 15 is 0 Å². The Balaban J connectivity index is 1.59. The monoisotopic (exact) mass is 508 g/mol. The zero-order valence-corrected chi connectivity index (χ0v) is 20.0. The Hall–Kier alpha value is -3.85. The van der Waals surface area contributed by atoms with Crippen LogP contribution in [0.2, 0.25) is 0 Å². The van der Waals surface area contributed by atoms with Gasteiger partial charge in [0, 0.05) is 6.54 Å². The van der Waals surface area contributed by atoms with Gasteiger partial charge >= 0.3 is 0 Å². The van der Waals surface area contributed by atoms with Crippen LogP contribution in [-0.4, -0.2) is 43.6 Å². The highest BCUT2D eigenvalue weighted by Gasteiger charge is 2.44. The second-order valence-corrected chi connectivity index (χ2v) is 10.4. The van der Waals surface area contributed by atoms with E-state index in [-0.39, 0.29) is 23.8 Å². The van der Waals surface area contributed by atoms with E-state index in [0.717, 1.165) is 10.5 Å². The standard InChI is InChI=1S/C24H20N4O5S2/c25-15-17-3-7-18(8-4-17)28-22(29)14-20(23(28)30)27(24(31)21-2-1-13-34-21)12-11-16-5-9-19(10-6-16)35(26,32)33/h1-10,13,20H,11-12,14H2,(H2,26,32,33). The summed E-state index contributed by atoms with van der Waals surface area (Å²) in [6, 6.07) is 16.4. The Morgan fingerprint density at radius 2 is 1.80 bits per heavy atom. The summed E-state index contributed by atoms with van der Waals surface area (Å²) in [5.74, 6) is -1.32. The van der Waals surface area contributed by atoms with Gasteiger partial charge in [-0.3, -0.25) is 14.4 Å². The molecule has 178 valence electrons. The number of hydrogen-bond acceptors (Lipinski definition) is 7. The fourth-order valence-electron chi connectivity index (χ4n) is 3.85. The van der Waals surface area contributed by atoms with Crippen LogP contribution in [0.15, 0.2) is 70.9 Å². The molecular formula is C24H20N4O5S2. The molecule has 1 aliphatic rings. The number of carbonyl (C=O) groups is 3. The lowest BCUT2D eigenvalue weighted by molar-refractivity contribution is -0.122. The molecule has 2 aromatic carbocycles. The predicted molar refractivity (Wildman–Crippen MR) is 129 cm³/mol. The topological polar surface area (TPSA) is 142 Å². The van der Waals surface area contributed by atoms with Gasteiger partial charge in [-0.15, -0.1) is 11.3 Å². The van der Waals surface area contributed by atoms with Crippen LogP contribution < -0.4 is 10.0 Å². The smallest absolute Gasteiger partial charge is 0.264 e. The molecule has 3 aromatic rings. The average molecular weight is 509 g/mol. The first-order chi connectivity index (χ1) is 16.7. The van der Waals surface area contributed by atoms with Crippen LogP contribution in [0.25, 0.3) is 0 Å². The molecule has 1 unspecified atom stereocenters. The molecule has 0 radical (unpaired) electrons. The van der Waals surface area contributed by atoms with Crippen molar-refractivity contribution in [1.29, 1.82) is 5.26 Å². The number of thiophene rings is 1. The van der Waals surface area contributed by atoms with Crippen molar-refractivity contribution in [1.82, 2.24) is 4.90 Å². The van der Waals surface area contributed by atoms with Gasteiger partial charge in [0.2, 0.25) is 15.9 Å². The van der Waals surface area contributed by atoms with Crippen molar-refractivity contribution in [3.63, 3.8) is 0 Å². The zero-order chi connectivity index (χ0) is 25.2. The Labute approximate surface area is 206 Å². The first-order valence-electron chi connectivity index (χ1n) is 10.5. The minimum Gasteiger partial charge on any atom is -0.325 e. The molecular weight excluding hydrogens is 488 g/mol. The quantitative estimate of drug-likeness (QED) is 0.485. The molecule has 1 fully saturated rings. The van der Waals surface area contributed by atoms with Gasteiger partial charge in [0.15, 0.2) is 0 Å². The highest BCUT2D eigenvalue weighted by molar-refractivity contribution is 7.89. The second kappa shape index (κ2) is 9.79. The number of primary sulfonamides is 1. The molecule has 3 amide bonds. The first-order valence-corrected chi connectivity index (χ1v) is 12.9. The van der Waals surface area contributed by atoms with E-state index in [2.05, 4.69) is 0 Å². The third-order valence-corrected chi connectivity index (χ3v) is 7.43. The molecule has 1 saturated heterocycles. The first kappa shape index (κ1) is 24.3. The number of nitrogens with zero attached hydrogens (tertiary/aromatic N) is 3. The van der Waals surface area contributed by atoms with Crippen LogP contribution in [-0.2, 0) is 26.0 Å². The summed E-state index contributed by atoms with van der Waals surface area (Å²) in [5, 5.41) is 15.9. The molecule has 1 aliphatic heterocycles. The largest absolute Gasteiger partial charge is 0.325 e. The van der Waals surface area contributed by atoms with Gasteiger partial charge in [0.1, 0.15) is 6.04 Å². The predicted octanol–water partition coefficient (Wildman–Crippen LogP) is 2.28. The molecule has 0 saturated carbocycles. The number of anilines is 1. The van der Waals surface area contributed by atoms with Gasteiger partial charge in [-0.1, -0.05) is 18.2 Å². The van der Waals surface area contributed by atoms with E-state index in [1.165, 1.54) is 52.6 Å². The summed E-state index contributed by atoms with van der Waals surface area (Å²) >= 11 is 1.24. The number of sulfonamides is 1. The normalized spacial score (nSPS) is 15.8. The molecule has 2 N–H and O–H groups in total. The third-order valence-electron chi connectivity index (χ3n) is 5.64. The summed E-state index contributed by atoms with van der Waals surface area (Å²) in [5.41, 5.74) is 1.47. The fraction of sp³-hybridized carbons (Fsp3) is 0.167. The van der Waals surface area contributed by atoms with Gasteiger partial charge in [-0.25, -0.2) is 18.5 Å². The summed E-state index contributed by atoms with van der Waals surface area (Å²) < 4.78 is 23.0. The lowest BCUT2D eigenvalue weighted by Crippen LogP contribution is -2.46. The summed E-state index contributed by atoms with van der Waals surface area (Å²) in [6.07, 6.45) is 0.164. The Morgan fingerprint density at radius 3 is 2.37 bits per heavy atom. The van der Waals surface area contributed by atoms with Gasteiger partial charge in [0.05, 0.1) is 33.5 Å². The number of amides is 3. The molecule has 9 nitrogen and oxygen atoms in total. The second-order valence-electron chi connectivity index (χ2n) is 7.86. The average Bonchev–Trinajstić information content (AvgIpc) is 3.47. The Morgan fingerprint density at radius 1 is 1.11 bits per heavy atom. The maximum absolute atomic E-state index is 13.3. The number of nitriles is 1. The summed E-state index contributed by atoms with van der Waals surface area (Å²) in [6.45, 7) is 0.135.